The molecule has 0 unspecified atom stereocenters. The van der Waals surface area contributed by atoms with E-state index in [4.69, 9.17) is 32.6 Å². The van der Waals surface area contributed by atoms with Crippen molar-refractivity contribution < 1.29 is 49.7 Å². The van der Waals surface area contributed by atoms with E-state index >= 15 is 0 Å². The van der Waals surface area contributed by atoms with Crippen LogP contribution in [-0.2, 0) is 27.5 Å². The smallest absolute Gasteiger partial charge is 0.759 e. The van der Waals surface area contributed by atoms with E-state index in [1.807, 2.05) is 0 Å². The van der Waals surface area contributed by atoms with Crippen LogP contribution in [0.5, 0.6) is 0 Å². The molecule has 0 aliphatic heterocycles. The first-order chi connectivity index (χ1) is 3.73. The largest absolute Gasteiger partial charge is 2.00 e. The summed E-state index contributed by atoms with van der Waals surface area (Å²) in [4.78, 5) is 0. The Balaban J connectivity index is -0.0000000910. The van der Waals surface area contributed by atoms with Crippen molar-refractivity contribution in [2.45, 2.75) is 0 Å². The normalized spacial score (nSPS) is 8.50. The standard InChI is InChI=1S/BH3O3.Fe.H2O4S/c2-1(3)4;;1-5(2,3)4/h2-4H;;(H2,1,2,3,4)/q;+2;/p-2. The van der Waals surface area contributed by atoms with Gasteiger partial charge in [0.1, 0.15) is 0 Å². The third kappa shape index (κ3) is 4010. The van der Waals surface area contributed by atoms with Gasteiger partial charge in [0.15, 0.2) is 0 Å². The van der Waals surface area contributed by atoms with Crippen molar-refractivity contribution in [1.29, 1.82) is 0 Å². The van der Waals surface area contributed by atoms with Crippen molar-refractivity contribution in [3.63, 3.8) is 0 Å². The first-order valence-electron chi connectivity index (χ1n) is 1.44. The molecule has 10 heteroatoms. The zero-order valence-corrected chi connectivity index (χ0v) is 6.23. The van der Waals surface area contributed by atoms with Gasteiger partial charge in [-0.2, -0.15) is 0 Å². The van der Waals surface area contributed by atoms with Gasteiger partial charge >= 0.3 is 24.4 Å². The van der Waals surface area contributed by atoms with Gasteiger partial charge in [0.2, 0.25) is 0 Å². The van der Waals surface area contributed by atoms with Crippen molar-refractivity contribution in [3.05, 3.63) is 0 Å². The summed E-state index contributed by atoms with van der Waals surface area (Å²) >= 11 is 0. The first-order valence-corrected chi connectivity index (χ1v) is 2.77. The van der Waals surface area contributed by atoms with Crippen molar-refractivity contribution in [2.75, 3.05) is 0 Å². The second-order valence-electron chi connectivity index (χ2n) is 0.755. The van der Waals surface area contributed by atoms with E-state index < -0.39 is 17.7 Å². The molecule has 0 amide bonds. The van der Waals surface area contributed by atoms with E-state index in [0.717, 1.165) is 0 Å². The zero-order chi connectivity index (χ0) is 8.08. The average Bonchev–Trinajstić information content (AvgIpc) is 1.19. The molecule has 7 nitrogen and oxygen atoms in total. The van der Waals surface area contributed by atoms with E-state index in [1.54, 1.807) is 0 Å². The van der Waals surface area contributed by atoms with Crippen molar-refractivity contribution in [3.8, 4) is 0 Å². The Morgan fingerprint density at radius 2 is 1.10 bits per heavy atom. The molecule has 0 aliphatic carbocycles. The van der Waals surface area contributed by atoms with Crippen LogP contribution >= 0.6 is 0 Å². The van der Waals surface area contributed by atoms with Gasteiger partial charge in [-0.05, 0) is 0 Å². The van der Waals surface area contributed by atoms with E-state index in [-0.39, 0.29) is 17.1 Å². The first kappa shape index (κ1) is 16.7. The van der Waals surface area contributed by atoms with Crippen LogP contribution in [0, 0.1) is 0 Å². The molecule has 0 aromatic rings. The minimum Gasteiger partial charge on any atom is -0.759 e. The van der Waals surface area contributed by atoms with Crippen LogP contribution < -0.4 is 0 Å². The second-order valence-corrected chi connectivity index (χ2v) is 1.57. The fourth-order valence-electron chi connectivity index (χ4n) is 0. The minimum atomic E-state index is -5.17. The SMILES string of the molecule is O=S(=O)([O-])[O-].OB(O)O.[Fe+2]. The molecule has 0 aromatic heterocycles. The molecular weight excluding hydrogens is 211 g/mol. The Bertz CT molecular complexity index is 125. The van der Waals surface area contributed by atoms with Crippen LogP contribution in [0.15, 0.2) is 0 Å². The maximum atomic E-state index is 8.52. The van der Waals surface area contributed by atoms with Crippen molar-refractivity contribution in [2.24, 2.45) is 0 Å². The molecule has 3 N–H and O–H groups in total. The van der Waals surface area contributed by atoms with Gasteiger partial charge < -0.3 is 24.2 Å². The molecule has 0 aliphatic rings. The molecule has 0 atom stereocenters. The summed E-state index contributed by atoms with van der Waals surface area (Å²) in [6, 6.07) is 0. The third-order valence-corrected chi connectivity index (χ3v) is 0. The van der Waals surface area contributed by atoms with Crippen LogP contribution in [0.3, 0.4) is 0 Å². The van der Waals surface area contributed by atoms with E-state index in [9.17, 15) is 0 Å². The Kier molecular flexibility index (Phi) is 12.5. The fraction of sp³-hybridized carbons (Fsp3) is 0. The van der Waals surface area contributed by atoms with Gasteiger partial charge in [0.05, 0.1) is 0 Å². The maximum absolute atomic E-state index is 8.52. The third-order valence-electron chi connectivity index (χ3n) is 0. The van der Waals surface area contributed by atoms with Gasteiger partial charge in [-0.15, -0.1) is 0 Å². The summed E-state index contributed by atoms with van der Waals surface area (Å²) in [5.41, 5.74) is 0. The van der Waals surface area contributed by atoms with Crippen LogP contribution in [0.1, 0.15) is 0 Å². The molecule has 0 bridgehead atoms. The molecule has 0 saturated carbocycles. The summed E-state index contributed by atoms with van der Waals surface area (Å²) in [6.07, 6.45) is 0. The van der Waals surface area contributed by atoms with E-state index in [1.165, 1.54) is 0 Å². The fourth-order valence-corrected chi connectivity index (χ4v) is 0. The van der Waals surface area contributed by atoms with Gasteiger partial charge in [0.25, 0.3) is 0 Å². The summed E-state index contributed by atoms with van der Waals surface area (Å²) in [7, 11) is -7.33. The number of hydrogen-bond acceptors (Lipinski definition) is 7. The molecule has 0 spiro atoms. The van der Waals surface area contributed by atoms with Crippen LogP contribution in [0.4, 0.5) is 0 Å². The average molecular weight is 214 g/mol. The number of rotatable bonds is 0. The second kappa shape index (κ2) is 7.44. The van der Waals surface area contributed by atoms with Gasteiger partial charge in [-0.3, -0.25) is 8.42 Å². The minimum absolute atomic E-state index is 0. The molecule has 62 valence electrons. The molecule has 0 saturated heterocycles. The van der Waals surface area contributed by atoms with Crippen molar-refractivity contribution >= 4 is 17.7 Å². The summed E-state index contributed by atoms with van der Waals surface area (Å²) in [5.74, 6) is 0. The summed E-state index contributed by atoms with van der Waals surface area (Å²) in [5, 5.41) is 21.5. The maximum Gasteiger partial charge on any atom is 2.00 e. The summed E-state index contributed by atoms with van der Waals surface area (Å²) < 4.78 is 34.1. The van der Waals surface area contributed by atoms with Gasteiger partial charge in [-0.1, -0.05) is 0 Å². The van der Waals surface area contributed by atoms with Crippen LogP contribution in [0.25, 0.3) is 0 Å². The molecule has 0 heterocycles. The van der Waals surface area contributed by atoms with E-state index in [2.05, 4.69) is 0 Å². The Morgan fingerprint density at radius 3 is 1.10 bits per heavy atom. The monoisotopic (exact) mass is 214 g/mol. The Hall–Kier alpha value is 0.334. The molecule has 0 radical (unpaired) electrons. The predicted octanol–water partition coefficient (Wildman–Crippen LogP) is -3.39. The molecule has 0 aromatic carbocycles. The van der Waals surface area contributed by atoms with E-state index in [0.29, 0.717) is 0 Å². The Morgan fingerprint density at radius 1 is 1.10 bits per heavy atom. The topological polar surface area (TPSA) is 141 Å². The number of hydrogen-bond donors (Lipinski definition) is 3. The molecule has 0 fully saturated rings. The van der Waals surface area contributed by atoms with Crippen molar-refractivity contribution in [1.82, 2.24) is 0 Å². The quantitative estimate of drug-likeness (QED) is 0.216. The molecular formula is H3BFeO7S. The molecule has 10 heavy (non-hydrogen) atoms. The predicted molar refractivity (Wildman–Crippen MR) is 22.9 cm³/mol. The van der Waals surface area contributed by atoms with Gasteiger partial charge in [0, 0.05) is 10.4 Å². The Labute approximate surface area is 67.9 Å². The van der Waals surface area contributed by atoms with Crippen LogP contribution in [-0.4, -0.2) is 39.9 Å². The van der Waals surface area contributed by atoms with Gasteiger partial charge in [-0.25, -0.2) is 0 Å². The van der Waals surface area contributed by atoms with Crippen LogP contribution in [0.2, 0.25) is 0 Å². The zero-order valence-electron chi connectivity index (χ0n) is 4.31. The summed E-state index contributed by atoms with van der Waals surface area (Å²) in [6.45, 7) is 0. The molecule has 0 rings (SSSR count).